The quantitative estimate of drug-likeness (QED) is 0.411. The van der Waals surface area contributed by atoms with Crippen LogP contribution in [0.25, 0.3) is 10.9 Å². The van der Waals surface area contributed by atoms with E-state index in [0.29, 0.717) is 12.6 Å². The summed E-state index contributed by atoms with van der Waals surface area (Å²) in [5.41, 5.74) is 3.50. The van der Waals surface area contributed by atoms with Gasteiger partial charge in [0.15, 0.2) is 0 Å². The molecule has 0 spiro atoms. The topological polar surface area (TPSA) is 51.8 Å². The molecule has 0 unspecified atom stereocenters. The monoisotopic (exact) mass is 522 g/mol. The predicted molar refractivity (Wildman–Crippen MR) is 151 cm³/mol. The molecule has 5 rings (SSSR count). The van der Waals surface area contributed by atoms with Crippen molar-refractivity contribution in [1.82, 2.24) is 14.8 Å². The summed E-state index contributed by atoms with van der Waals surface area (Å²) in [6.45, 7) is 5.46. The number of nitrogens with zero attached hydrogens (tertiary/aromatic N) is 3. The van der Waals surface area contributed by atoms with Crippen LogP contribution < -0.4 is 4.90 Å². The molecule has 198 valence electrons. The molecule has 6 nitrogen and oxygen atoms in total. The summed E-state index contributed by atoms with van der Waals surface area (Å²) < 4.78 is 5.57. The molecule has 1 saturated heterocycles. The summed E-state index contributed by atoms with van der Waals surface area (Å²) in [5, 5.41) is 2.02. The molecular weight excluding hydrogens is 484 g/mol. The number of amides is 1. The number of aromatic nitrogens is 1. The summed E-state index contributed by atoms with van der Waals surface area (Å²) in [4.78, 5) is 23.9. The molecule has 2 fully saturated rings. The third kappa shape index (κ3) is 6.55. The molecule has 1 N–H and O–H groups in total. The van der Waals surface area contributed by atoms with Crippen LogP contribution in [0.4, 0.5) is 5.69 Å². The fraction of sp³-hybridized carbons (Fsp3) is 0.500. The Hall–Kier alpha value is -2.38. The van der Waals surface area contributed by atoms with E-state index >= 15 is 0 Å². The fourth-order valence-corrected chi connectivity index (χ4v) is 6.15. The Morgan fingerprint density at radius 3 is 2.49 bits per heavy atom. The van der Waals surface area contributed by atoms with Crippen LogP contribution in [-0.4, -0.2) is 79.2 Å². The van der Waals surface area contributed by atoms with Crippen LogP contribution in [0.2, 0.25) is 5.02 Å². The van der Waals surface area contributed by atoms with Gasteiger partial charge < -0.3 is 19.5 Å². The maximum absolute atomic E-state index is 13.6. The minimum Gasteiger partial charge on any atom is -0.381 e. The molecule has 2 aromatic carbocycles. The third-order valence-corrected chi connectivity index (χ3v) is 8.35. The molecule has 7 heteroatoms. The van der Waals surface area contributed by atoms with Gasteiger partial charge in [-0.25, -0.2) is 0 Å². The largest absolute Gasteiger partial charge is 0.381 e. The molecule has 0 atom stereocenters. The molecule has 37 heavy (non-hydrogen) atoms. The average Bonchev–Trinajstić information content (AvgIpc) is 3.33. The zero-order valence-electron chi connectivity index (χ0n) is 21.9. The highest BCUT2D eigenvalue weighted by Crippen LogP contribution is 2.29. The highest BCUT2D eigenvalue weighted by atomic mass is 35.5. The first-order valence-electron chi connectivity index (χ1n) is 13.7. The number of carbonyl (C=O) groups is 1. The molecule has 0 bridgehead atoms. The smallest absolute Gasteiger partial charge is 0.241 e. The van der Waals surface area contributed by atoms with Crippen molar-refractivity contribution in [1.29, 1.82) is 0 Å². The van der Waals surface area contributed by atoms with Gasteiger partial charge in [0.25, 0.3) is 0 Å². The van der Waals surface area contributed by atoms with E-state index < -0.39 is 0 Å². The standard InChI is InChI=1S/C30H39ClN4O2/c1-37-27-12-10-26(11-13-27)35(25-7-3-2-4-8-25)30(36)22-34-18-16-33(17-19-34)15-5-6-23-21-32-29-14-9-24(31)20-28(23)29/h2-4,7-9,14,20-21,26-27,32H,5-6,10-13,15-19,22H2,1H3. The van der Waals surface area contributed by atoms with Crippen molar-refractivity contribution in [2.45, 2.75) is 50.7 Å². The van der Waals surface area contributed by atoms with Crippen molar-refractivity contribution in [3.63, 3.8) is 0 Å². The predicted octanol–water partition coefficient (Wildman–Crippen LogP) is 5.36. The maximum atomic E-state index is 13.6. The van der Waals surface area contributed by atoms with E-state index in [-0.39, 0.29) is 11.9 Å². The lowest BCUT2D eigenvalue weighted by Crippen LogP contribution is -2.52. The van der Waals surface area contributed by atoms with Gasteiger partial charge in [0.2, 0.25) is 5.91 Å². The van der Waals surface area contributed by atoms with Crippen LogP contribution >= 0.6 is 11.6 Å². The molecule has 3 aromatic rings. The molecule has 2 heterocycles. The minimum absolute atomic E-state index is 0.221. The zero-order chi connectivity index (χ0) is 25.6. The number of rotatable bonds is 9. The van der Waals surface area contributed by atoms with Gasteiger partial charge in [0.05, 0.1) is 12.6 Å². The minimum atomic E-state index is 0.221. The molecular formula is C30H39ClN4O2. The van der Waals surface area contributed by atoms with Gasteiger partial charge in [0.1, 0.15) is 0 Å². The summed E-state index contributed by atoms with van der Waals surface area (Å²) >= 11 is 6.20. The number of methoxy groups -OCH3 is 1. The van der Waals surface area contributed by atoms with E-state index in [0.717, 1.165) is 87.5 Å². The van der Waals surface area contributed by atoms with Crippen molar-refractivity contribution in [2.75, 3.05) is 51.3 Å². The van der Waals surface area contributed by atoms with Crippen molar-refractivity contribution in [3.05, 3.63) is 65.3 Å². The number of para-hydroxylation sites is 1. The van der Waals surface area contributed by atoms with Crippen LogP contribution in [0.15, 0.2) is 54.7 Å². The van der Waals surface area contributed by atoms with Gasteiger partial charge in [-0.1, -0.05) is 29.8 Å². The number of aromatic amines is 1. The molecule has 2 aliphatic rings. The number of ether oxygens (including phenoxy) is 1. The molecule has 1 aliphatic heterocycles. The van der Waals surface area contributed by atoms with Gasteiger partial charge in [-0.3, -0.25) is 9.69 Å². The number of hydrogen-bond acceptors (Lipinski definition) is 4. The van der Waals surface area contributed by atoms with Crippen LogP contribution in [0, 0.1) is 0 Å². The van der Waals surface area contributed by atoms with Crippen LogP contribution in [0.1, 0.15) is 37.7 Å². The van der Waals surface area contributed by atoms with E-state index in [1.165, 1.54) is 10.9 Å². The fourth-order valence-electron chi connectivity index (χ4n) is 5.98. The van der Waals surface area contributed by atoms with E-state index in [2.05, 4.69) is 44.1 Å². The SMILES string of the molecule is COC1CCC(N(C(=O)CN2CCN(CCCc3c[nH]c4ccc(Cl)cc34)CC2)c2ccccc2)CC1. The summed E-state index contributed by atoms with van der Waals surface area (Å²) in [7, 11) is 1.79. The second-order valence-corrected chi connectivity index (χ2v) is 10.9. The summed E-state index contributed by atoms with van der Waals surface area (Å²) in [6.07, 6.45) is 8.62. The Kier molecular flexibility index (Phi) is 8.82. The summed E-state index contributed by atoms with van der Waals surface area (Å²) in [6, 6.07) is 16.5. The zero-order valence-corrected chi connectivity index (χ0v) is 22.6. The van der Waals surface area contributed by atoms with Crippen molar-refractivity contribution < 1.29 is 9.53 Å². The van der Waals surface area contributed by atoms with Gasteiger partial charge in [0, 0.05) is 67.1 Å². The molecule has 0 radical (unpaired) electrons. The number of nitrogens with one attached hydrogen (secondary N) is 1. The van der Waals surface area contributed by atoms with E-state index in [9.17, 15) is 4.79 Å². The lowest BCUT2D eigenvalue weighted by molar-refractivity contribution is -0.121. The van der Waals surface area contributed by atoms with Gasteiger partial charge in [-0.15, -0.1) is 0 Å². The van der Waals surface area contributed by atoms with Crippen LogP contribution in [-0.2, 0) is 16.0 Å². The van der Waals surface area contributed by atoms with Crippen LogP contribution in [0.5, 0.6) is 0 Å². The number of benzene rings is 2. The van der Waals surface area contributed by atoms with Crippen molar-refractivity contribution >= 4 is 34.1 Å². The Balaban J connectivity index is 1.11. The highest BCUT2D eigenvalue weighted by molar-refractivity contribution is 6.31. The lowest BCUT2D eigenvalue weighted by Gasteiger charge is -2.39. The Morgan fingerprint density at radius 2 is 1.76 bits per heavy atom. The van der Waals surface area contributed by atoms with E-state index in [1.807, 2.05) is 30.3 Å². The molecule has 1 aromatic heterocycles. The Morgan fingerprint density at radius 1 is 1.03 bits per heavy atom. The van der Waals surface area contributed by atoms with Crippen LogP contribution in [0.3, 0.4) is 0 Å². The number of aryl methyl sites for hydroxylation is 1. The highest BCUT2D eigenvalue weighted by Gasteiger charge is 2.31. The molecule has 1 amide bonds. The number of fused-ring (bicyclic) bond motifs is 1. The Bertz CT molecular complexity index is 1150. The number of carbonyl (C=O) groups excluding carboxylic acids is 1. The number of hydrogen-bond donors (Lipinski definition) is 1. The van der Waals surface area contributed by atoms with Gasteiger partial charge >= 0.3 is 0 Å². The lowest BCUT2D eigenvalue weighted by atomic mass is 9.91. The van der Waals surface area contributed by atoms with Gasteiger partial charge in [-0.2, -0.15) is 0 Å². The maximum Gasteiger partial charge on any atom is 0.241 e. The summed E-state index contributed by atoms with van der Waals surface area (Å²) in [5.74, 6) is 0.221. The Labute approximate surface area is 225 Å². The average molecular weight is 523 g/mol. The molecule has 1 aliphatic carbocycles. The first-order chi connectivity index (χ1) is 18.1. The van der Waals surface area contributed by atoms with E-state index in [1.54, 1.807) is 7.11 Å². The number of H-pyrrole nitrogens is 1. The van der Waals surface area contributed by atoms with Gasteiger partial charge in [-0.05, 0) is 81.0 Å². The molecule has 1 saturated carbocycles. The first kappa shape index (κ1) is 26.2. The normalized spacial score (nSPS) is 21.4. The second kappa shape index (κ2) is 12.4. The number of halogens is 1. The number of piperazine rings is 1. The van der Waals surface area contributed by atoms with Crippen molar-refractivity contribution in [3.8, 4) is 0 Å². The number of anilines is 1. The van der Waals surface area contributed by atoms with E-state index in [4.69, 9.17) is 16.3 Å². The van der Waals surface area contributed by atoms with Crippen molar-refractivity contribution in [2.24, 2.45) is 0 Å². The second-order valence-electron chi connectivity index (χ2n) is 10.5. The first-order valence-corrected chi connectivity index (χ1v) is 14.1. The third-order valence-electron chi connectivity index (χ3n) is 8.12.